The molecule has 0 aliphatic carbocycles. The summed E-state index contributed by atoms with van der Waals surface area (Å²) in [5, 5.41) is 4.24. The maximum atomic E-state index is 12.7. The van der Waals surface area contributed by atoms with Crippen LogP contribution in [-0.4, -0.2) is 63.8 Å². The normalized spacial score (nSPS) is 14.2. The first-order valence-corrected chi connectivity index (χ1v) is 9.18. The highest BCUT2D eigenvalue weighted by atomic mass is 16.5. The number of ether oxygens (including phenoxy) is 1. The van der Waals surface area contributed by atoms with Crippen molar-refractivity contribution in [1.82, 2.24) is 24.6 Å². The van der Waals surface area contributed by atoms with Gasteiger partial charge in [-0.05, 0) is 37.3 Å². The lowest BCUT2D eigenvalue weighted by Gasteiger charge is -2.35. The predicted octanol–water partition coefficient (Wildman–Crippen LogP) is 1.94. The van der Waals surface area contributed by atoms with Crippen LogP contribution in [0.15, 0.2) is 48.8 Å². The van der Waals surface area contributed by atoms with Crippen molar-refractivity contribution < 1.29 is 9.53 Å². The molecule has 3 heterocycles. The van der Waals surface area contributed by atoms with E-state index in [1.807, 2.05) is 42.3 Å². The quantitative estimate of drug-likeness (QED) is 0.691. The van der Waals surface area contributed by atoms with Crippen molar-refractivity contribution in [3.8, 4) is 11.6 Å². The fourth-order valence-electron chi connectivity index (χ4n) is 3.28. The average Bonchev–Trinajstić information content (AvgIpc) is 3.28. The van der Waals surface area contributed by atoms with E-state index in [2.05, 4.69) is 20.0 Å². The van der Waals surface area contributed by atoms with E-state index in [0.717, 1.165) is 30.5 Å². The molecule has 1 aromatic carbocycles. The van der Waals surface area contributed by atoms with E-state index < -0.39 is 0 Å². The van der Waals surface area contributed by atoms with Crippen LogP contribution in [0, 0.1) is 6.92 Å². The molecule has 28 heavy (non-hydrogen) atoms. The number of amides is 1. The molecular formula is C20H22N6O2. The van der Waals surface area contributed by atoms with E-state index >= 15 is 0 Å². The van der Waals surface area contributed by atoms with Crippen molar-refractivity contribution in [2.24, 2.45) is 0 Å². The van der Waals surface area contributed by atoms with E-state index in [-0.39, 0.29) is 5.91 Å². The maximum Gasteiger partial charge on any atom is 0.253 e. The summed E-state index contributed by atoms with van der Waals surface area (Å²) in [6, 6.07) is 11.0. The van der Waals surface area contributed by atoms with Crippen LogP contribution in [0.2, 0.25) is 0 Å². The fourth-order valence-corrected chi connectivity index (χ4v) is 3.28. The summed E-state index contributed by atoms with van der Waals surface area (Å²) in [4.78, 5) is 25.8. The molecule has 1 aliphatic heterocycles. The van der Waals surface area contributed by atoms with E-state index in [1.165, 1.54) is 0 Å². The standard InChI is InChI=1S/C20H22N6O2/c1-15-22-18(14-19(23-15)26-9-3-8-21-26)24-10-12-25(13-11-24)20(27)16-4-6-17(28-2)7-5-16/h3-9,14H,10-13H2,1-2H3. The third-order valence-electron chi connectivity index (χ3n) is 4.78. The first-order chi connectivity index (χ1) is 13.6. The summed E-state index contributed by atoms with van der Waals surface area (Å²) in [5.74, 6) is 3.07. The molecule has 0 radical (unpaired) electrons. The van der Waals surface area contributed by atoms with E-state index in [0.29, 0.717) is 24.5 Å². The van der Waals surface area contributed by atoms with Crippen molar-refractivity contribution in [2.45, 2.75) is 6.92 Å². The van der Waals surface area contributed by atoms with E-state index in [4.69, 9.17) is 4.74 Å². The Hall–Kier alpha value is -3.42. The number of nitrogens with zero attached hydrogens (tertiary/aromatic N) is 6. The number of anilines is 1. The Morgan fingerprint density at radius 1 is 1.04 bits per heavy atom. The minimum absolute atomic E-state index is 0.0402. The molecule has 4 rings (SSSR count). The van der Waals surface area contributed by atoms with Gasteiger partial charge >= 0.3 is 0 Å². The monoisotopic (exact) mass is 378 g/mol. The number of piperazine rings is 1. The van der Waals surface area contributed by atoms with Gasteiger partial charge in [-0.1, -0.05) is 0 Å². The first-order valence-electron chi connectivity index (χ1n) is 9.18. The van der Waals surface area contributed by atoms with Crippen LogP contribution < -0.4 is 9.64 Å². The second kappa shape index (κ2) is 7.67. The molecule has 2 aromatic heterocycles. The van der Waals surface area contributed by atoms with Gasteiger partial charge in [0.15, 0.2) is 5.82 Å². The highest BCUT2D eigenvalue weighted by Gasteiger charge is 2.23. The number of methoxy groups -OCH3 is 1. The van der Waals surface area contributed by atoms with Gasteiger partial charge in [-0.2, -0.15) is 5.10 Å². The number of rotatable bonds is 4. The second-order valence-corrected chi connectivity index (χ2v) is 6.59. The van der Waals surface area contributed by atoms with Crippen molar-refractivity contribution in [2.75, 3.05) is 38.2 Å². The maximum absolute atomic E-state index is 12.7. The van der Waals surface area contributed by atoms with Crippen LogP contribution in [-0.2, 0) is 0 Å². The summed E-state index contributed by atoms with van der Waals surface area (Å²) >= 11 is 0. The molecule has 3 aromatic rings. The lowest BCUT2D eigenvalue weighted by atomic mass is 10.1. The number of aromatic nitrogens is 4. The molecular weight excluding hydrogens is 356 g/mol. The molecule has 0 saturated carbocycles. The Kier molecular flexibility index (Phi) is 4.92. The SMILES string of the molecule is COc1ccc(C(=O)N2CCN(c3cc(-n4cccn4)nc(C)n3)CC2)cc1. The van der Waals surface area contributed by atoms with Gasteiger partial charge in [0.25, 0.3) is 5.91 Å². The Labute approximate surface area is 163 Å². The van der Waals surface area contributed by atoms with Crippen LogP contribution in [0.4, 0.5) is 5.82 Å². The van der Waals surface area contributed by atoms with Crippen LogP contribution in [0.1, 0.15) is 16.2 Å². The van der Waals surface area contributed by atoms with Gasteiger partial charge in [0.05, 0.1) is 7.11 Å². The Bertz CT molecular complexity index is 947. The third-order valence-corrected chi connectivity index (χ3v) is 4.78. The minimum Gasteiger partial charge on any atom is -0.497 e. The number of hydrogen-bond acceptors (Lipinski definition) is 6. The highest BCUT2D eigenvalue weighted by Crippen LogP contribution is 2.19. The third kappa shape index (κ3) is 3.66. The summed E-state index contributed by atoms with van der Waals surface area (Å²) in [6.07, 6.45) is 3.58. The summed E-state index contributed by atoms with van der Waals surface area (Å²) in [5.41, 5.74) is 0.674. The van der Waals surface area contributed by atoms with Crippen molar-refractivity contribution in [3.63, 3.8) is 0 Å². The van der Waals surface area contributed by atoms with E-state index in [1.54, 1.807) is 30.1 Å². The van der Waals surface area contributed by atoms with Crippen molar-refractivity contribution >= 4 is 11.7 Å². The largest absolute Gasteiger partial charge is 0.497 e. The molecule has 1 fully saturated rings. The van der Waals surface area contributed by atoms with Crippen LogP contribution in [0.3, 0.4) is 0 Å². The van der Waals surface area contributed by atoms with Gasteiger partial charge in [-0.15, -0.1) is 0 Å². The van der Waals surface area contributed by atoms with Crippen molar-refractivity contribution in [1.29, 1.82) is 0 Å². The van der Waals surface area contributed by atoms with Gasteiger partial charge < -0.3 is 14.5 Å². The molecule has 1 saturated heterocycles. The molecule has 144 valence electrons. The Morgan fingerprint density at radius 2 is 1.75 bits per heavy atom. The summed E-state index contributed by atoms with van der Waals surface area (Å²) in [6.45, 7) is 4.60. The number of hydrogen-bond donors (Lipinski definition) is 0. The molecule has 0 atom stereocenters. The number of carbonyl (C=O) groups excluding carboxylic acids is 1. The molecule has 0 unspecified atom stereocenters. The van der Waals surface area contributed by atoms with Crippen LogP contribution >= 0.6 is 0 Å². The second-order valence-electron chi connectivity index (χ2n) is 6.59. The van der Waals surface area contributed by atoms with Gasteiger partial charge in [0.2, 0.25) is 0 Å². The van der Waals surface area contributed by atoms with Gasteiger partial charge in [-0.3, -0.25) is 4.79 Å². The molecule has 0 bridgehead atoms. The fraction of sp³-hybridized carbons (Fsp3) is 0.300. The minimum atomic E-state index is 0.0402. The molecule has 8 nitrogen and oxygen atoms in total. The zero-order chi connectivity index (χ0) is 19.5. The Balaban J connectivity index is 1.44. The van der Waals surface area contributed by atoms with Crippen LogP contribution in [0.25, 0.3) is 5.82 Å². The zero-order valence-electron chi connectivity index (χ0n) is 15.9. The number of benzene rings is 1. The zero-order valence-corrected chi connectivity index (χ0v) is 15.9. The first kappa shape index (κ1) is 18.0. The van der Waals surface area contributed by atoms with Gasteiger partial charge in [0, 0.05) is 50.2 Å². The molecule has 0 N–H and O–H groups in total. The molecule has 8 heteroatoms. The highest BCUT2D eigenvalue weighted by molar-refractivity contribution is 5.94. The van der Waals surface area contributed by atoms with Crippen LogP contribution in [0.5, 0.6) is 5.75 Å². The number of carbonyl (C=O) groups is 1. The van der Waals surface area contributed by atoms with Gasteiger partial charge in [-0.25, -0.2) is 14.6 Å². The number of aryl methyl sites for hydroxylation is 1. The topological polar surface area (TPSA) is 76.4 Å². The molecule has 1 aliphatic rings. The van der Waals surface area contributed by atoms with E-state index in [9.17, 15) is 4.79 Å². The summed E-state index contributed by atoms with van der Waals surface area (Å²) in [7, 11) is 1.61. The molecule has 0 spiro atoms. The lowest BCUT2D eigenvalue weighted by Crippen LogP contribution is -2.49. The Morgan fingerprint density at radius 3 is 2.39 bits per heavy atom. The predicted molar refractivity (Wildman–Crippen MR) is 105 cm³/mol. The molecule has 1 amide bonds. The smallest absolute Gasteiger partial charge is 0.253 e. The summed E-state index contributed by atoms with van der Waals surface area (Å²) < 4.78 is 6.88. The van der Waals surface area contributed by atoms with Gasteiger partial charge in [0.1, 0.15) is 17.4 Å². The average molecular weight is 378 g/mol. The lowest BCUT2D eigenvalue weighted by molar-refractivity contribution is 0.0746. The van der Waals surface area contributed by atoms with Crippen molar-refractivity contribution in [3.05, 3.63) is 60.2 Å².